The summed E-state index contributed by atoms with van der Waals surface area (Å²) >= 11 is 0. The molecule has 1 aliphatic heterocycles. The van der Waals surface area contributed by atoms with Crippen LogP contribution >= 0.6 is 0 Å². The van der Waals surface area contributed by atoms with Gasteiger partial charge in [0.1, 0.15) is 12.4 Å². The van der Waals surface area contributed by atoms with Gasteiger partial charge in [0, 0.05) is 12.1 Å². The number of nitro groups is 1. The SMILES string of the molecule is CC(C)N1CC(COc2ccc([N+](=O)[O-])c(C=O)c2)OC1=O. The summed E-state index contributed by atoms with van der Waals surface area (Å²) in [6.45, 7) is 4.31. The van der Waals surface area contributed by atoms with Crippen LogP contribution in [0.5, 0.6) is 5.75 Å². The molecule has 0 saturated carbocycles. The van der Waals surface area contributed by atoms with E-state index < -0.39 is 11.0 Å². The lowest BCUT2D eigenvalue weighted by Crippen LogP contribution is -2.32. The van der Waals surface area contributed by atoms with E-state index in [9.17, 15) is 19.7 Å². The first kappa shape index (κ1) is 15.7. The van der Waals surface area contributed by atoms with Gasteiger partial charge in [-0.3, -0.25) is 14.9 Å². The van der Waals surface area contributed by atoms with E-state index in [0.29, 0.717) is 18.6 Å². The molecule has 22 heavy (non-hydrogen) atoms. The Morgan fingerprint density at radius 2 is 2.27 bits per heavy atom. The third-order valence-corrected chi connectivity index (χ3v) is 3.28. The smallest absolute Gasteiger partial charge is 0.410 e. The van der Waals surface area contributed by atoms with E-state index in [1.54, 1.807) is 4.90 Å². The van der Waals surface area contributed by atoms with Crippen molar-refractivity contribution < 1.29 is 24.0 Å². The van der Waals surface area contributed by atoms with Gasteiger partial charge in [0.2, 0.25) is 0 Å². The minimum atomic E-state index is -0.632. The second-order valence-corrected chi connectivity index (χ2v) is 5.16. The molecule has 1 amide bonds. The number of amides is 1. The maximum Gasteiger partial charge on any atom is 0.410 e. The molecule has 8 nitrogen and oxygen atoms in total. The Bertz CT molecular complexity index is 601. The van der Waals surface area contributed by atoms with Crippen molar-refractivity contribution in [2.45, 2.75) is 26.0 Å². The van der Waals surface area contributed by atoms with Crippen LogP contribution in [0.2, 0.25) is 0 Å². The molecular formula is C14H16N2O6. The molecule has 1 unspecified atom stereocenters. The van der Waals surface area contributed by atoms with Gasteiger partial charge in [-0.15, -0.1) is 0 Å². The number of hydrogen-bond donors (Lipinski definition) is 0. The third kappa shape index (κ3) is 3.33. The largest absolute Gasteiger partial charge is 0.490 e. The van der Waals surface area contributed by atoms with Crippen LogP contribution in [0.3, 0.4) is 0 Å². The Morgan fingerprint density at radius 1 is 1.55 bits per heavy atom. The van der Waals surface area contributed by atoms with Crippen molar-refractivity contribution in [2.24, 2.45) is 0 Å². The van der Waals surface area contributed by atoms with Crippen LogP contribution in [0, 0.1) is 10.1 Å². The Hall–Kier alpha value is -2.64. The lowest BCUT2D eigenvalue weighted by molar-refractivity contribution is -0.385. The number of nitrogens with zero attached hydrogens (tertiary/aromatic N) is 2. The average Bonchev–Trinajstić information content (AvgIpc) is 2.85. The molecule has 1 aromatic rings. The average molecular weight is 308 g/mol. The van der Waals surface area contributed by atoms with Crippen molar-refractivity contribution in [3.8, 4) is 5.75 Å². The molecule has 1 atom stereocenters. The summed E-state index contributed by atoms with van der Waals surface area (Å²) in [4.78, 5) is 34.1. The van der Waals surface area contributed by atoms with Crippen LogP contribution in [0.1, 0.15) is 24.2 Å². The maximum absolute atomic E-state index is 11.6. The van der Waals surface area contributed by atoms with Gasteiger partial charge in [-0.2, -0.15) is 0 Å². The highest BCUT2D eigenvalue weighted by Gasteiger charge is 2.33. The van der Waals surface area contributed by atoms with Crippen molar-refractivity contribution >= 4 is 18.1 Å². The lowest BCUT2D eigenvalue weighted by atomic mass is 10.2. The summed E-state index contributed by atoms with van der Waals surface area (Å²) in [5.41, 5.74) is -0.338. The number of aldehydes is 1. The highest BCUT2D eigenvalue weighted by molar-refractivity contribution is 5.82. The summed E-state index contributed by atoms with van der Waals surface area (Å²) in [6, 6.07) is 3.95. The zero-order chi connectivity index (χ0) is 16.3. The minimum absolute atomic E-state index is 0.0403. The molecule has 0 spiro atoms. The van der Waals surface area contributed by atoms with Gasteiger partial charge in [0.25, 0.3) is 5.69 Å². The molecule has 8 heteroatoms. The van der Waals surface area contributed by atoms with Crippen molar-refractivity contribution in [1.29, 1.82) is 0 Å². The second-order valence-electron chi connectivity index (χ2n) is 5.16. The summed E-state index contributed by atoms with van der Waals surface area (Å²) in [6.07, 6.45) is -0.396. The number of benzene rings is 1. The molecule has 1 fully saturated rings. The van der Waals surface area contributed by atoms with E-state index in [0.717, 1.165) is 0 Å². The predicted molar refractivity (Wildman–Crippen MR) is 76.1 cm³/mol. The normalized spacial score (nSPS) is 17.5. The topological polar surface area (TPSA) is 99.0 Å². The van der Waals surface area contributed by atoms with Crippen LogP contribution in [-0.2, 0) is 4.74 Å². The number of cyclic esters (lactones) is 1. The summed E-state index contributed by atoms with van der Waals surface area (Å²) < 4.78 is 10.6. The fourth-order valence-electron chi connectivity index (χ4n) is 2.12. The molecule has 0 N–H and O–H groups in total. The van der Waals surface area contributed by atoms with Gasteiger partial charge < -0.3 is 14.4 Å². The minimum Gasteiger partial charge on any atom is -0.490 e. The van der Waals surface area contributed by atoms with E-state index in [1.165, 1.54) is 18.2 Å². The standard InChI is InChI=1S/C14H16N2O6/c1-9(2)15-6-12(22-14(15)18)8-21-11-3-4-13(16(19)20)10(5-11)7-17/h3-5,7,9,12H,6,8H2,1-2H3. The van der Waals surface area contributed by atoms with Gasteiger partial charge in [-0.05, 0) is 26.0 Å². The van der Waals surface area contributed by atoms with Gasteiger partial charge >= 0.3 is 6.09 Å². The molecule has 1 saturated heterocycles. The number of carbonyl (C=O) groups is 2. The lowest BCUT2D eigenvalue weighted by Gasteiger charge is -2.16. The van der Waals surface area contributed by atoms with Crippen molar-refractivity contribution in [3.63, 3.8) is 0 Å². The molecule has 1 aromatic carbocycles. The first-order valence-electron chi connectivity index (χ1n) is 6.76. The Balaban J connectivity index is 1.99. The van der Waals surface area contributed by atoms with E-state index >= 15 is 0 Å². The molecule has 0 aliphatic carbocycles. The molecule has 0 bridgehead atoms. The van der Waals surface area contributed by atoms with E-state index in [4.69, 9.17) is 9.47 Å². The predicted octanol–water partition coefficient (Wildman–Crippen LogP) is 2.02. The molecule has 2 rings (SSSR count). The van der Waals surface area contributed by atoms with E-state index in [-0.39, 0.29) is 30.0 Å². The Kier molecular flexibility index (Phi) is 4.59. The molecule has 1 aliphatic rings. The summed E-state index contributed by atoms with van der Waals surface area (Å²) in [5.74, 6) is 0.312. The van der Waals surface area contributed by atoms with Crippen LogP contribution < -0.4 is 4.74 Å². The molecule has 0 radical (unpaired) electrons. The molecule has 1 heterocycles. The first-order valence-corrected chi connectivity index (χ1v) is 6.76. The molecule has 0 aromatic heterocycles. The number of nitro benzene ring substituents is 1. The van der Waals surface area contributed by atoms with Gasteiger partial charge in [-0.25, -0.2) is 4.79 Å². The summed E-state index contributed by atoms with van der Waals surface area (Å²) in [7, 11) is 0. The van der Waals surface area contributed by atoms with Gasteiger partial charge in [0.05, 0.1) is 17.0 Å². The number of carbonyl (C=O) groups excluding carboxylic acids is 2. The van der Waals surface area contributed by atoms with Crippen LogP contribution in [0.25, 0.3) is 0 Å². The second kappa shape index (κ2) is 6.42. The zero-order valence-corrected chi connectivity index (χ0v) is 12.2. The zero-order valence-electron chi connectivity index (χ0n) is 12.2. The van der Waals surface area contributed by atoms with Gasteiger partial charge in [0.15, 0.2) is 12.4 Å². The van der Waals surface area contributed by atoms with E-state index in [1.807, 2.05) is 13.8 Å². The maximum atomic E-state index is 11.6. The van der Waals surface area contributed by atoms with Crippen molar-refractivity contribution in [1.82, 2.24) is 4.90 Å². The number of rotatable bonds is 6. The Morgan fingerprint density at radius 3 is 2.82 bits per heavy atom. The monoisotopic (exact) mass is 308 g/mol. The fourth-order valence-corrected chi connectivity index (χ4v) is 2.12. The highest BCUT2D eigenvalue weighted by atomic mass is 16.6. The van der Waals surface area contributed by atoms with Crippen molar-refractivity contribution in [2.75, 3.05) is 13.2 Å². The third-order valence-electron chi connectivity index (χ3n) is 3.28. The number of hydrogen-bond acceptors (Lipinski definition) is 6. The van der Waals surface area contributed by atoms with E-state index in [2.05, 4.69) is 0 Å². The number of ether oxygens (including phenoxy) is 2. The van der Waals surface area contributed by atoms with Crippen LogP contribution in [-0.4, -0.2) is 47.5 Å². The Labute approximate surface area is 126 Å². The first-order chi connectivity index (χ1) is 10.4. The molecular weight excluding hydrogens is 292 g/mol. The van der Waals surface area contributed by atoms with Gasteiger partial charge in [-0.1, -0.05) is 0 Å². The van der Waals surface area contributed by atoms with Crippen LogP contribution in [0.4, 0.5) is 10.5 Å². The quantitative estimate of drug-likeness (QED) is 0.453. The summed E-state index contributed by atoms with van der Waals surface area (Å²) in [5, 5.41) is 10.7. The molecule has 118 valence electrons. The van der Waals surface area contributed by atoms with Crippen LogP contribution in [0.15, 0.2) is 18.2 Å². The highest BCUT2D eigenvalue weighted by Crippen LogP contribution is 2.23. The fraction of sp³-hybridized carbons (Fsp3) is 0.429. The van der Waals surface area contributed by atoms with Crippen molar-refractivity contribution in [3.05, 3.63) is 33.9 Å².